The van der Waals surface area contributed by atoms with Crippen LogP contribution in [0.1, 0.15) is 22.6 Å². The Morgan fingerprint density at radius 1 is 1.24 bits per heavy atom. The average Bonchev–Trinajstić information content (AvgIpc) is 2.69. The van der Waals surface area contributed by atoms with E-state index in [0.717, 1.165) is 24.4 Å². The highest BCUT2D eigenvalue weighted by atomic mass is 15.1. The van der Waals surface area contributed by atoms with Crippen LogP contribution in [-0.4, -0.2) is 9.55 Å². The quantitative estimate of drug-likeness (QED) is 0.871. The number of imidazole rings is 1. The van der Waals surface area contributed by atoms with Crippen molar-refractivity contribution in [3.63, 3.8) is 0 Å². The fourth-order valence-electron chi connectivity index (χ4n) is 2.03. The molecule has 0 radical (unpaired) electrons. The Hall–Kier alpha value is -1.61. The predicted molar refractivity (Wildman–Crippen MR) is 69.7 cm³/mol. The molecule has 2 N–H and O–H groups in total. The first-order chi connectivity index (χ1) is 8.20. The first-order valence-electron chi connectivity index (χ1n) is 5.96. The maximum atomic E-state index is 5.61. The van der Waals surface area contributed by atoms with Gasteiger partial charge in [-0.1, -0.05) is 24.3 Å². The minimum Gasteiger partial charge on any atom is -0.337 e. The van der Waals surface area contributed by atoms with Crippen molar-refractivity contribution in [2.75, 3.05) is 0 Å². The van der Waals surface area contributed by atoms with Crippen LogP contribution < -0.4 is 5.73 Å². The van der Waals surface area contributed by atoms with Crippen molar-refractivity contribution < 1.29 is 0 Å². The van der Waals surface area contributed by atoms with Crippen LogP contribution in [0.2, 0.25) is 0 Å². The van der Waals surface area contributed by atoms with Crippen LogP contribution in [-0.2, 0) is 26.4 Å². The van der Waals surface area contributed by atoms with E-state index < -0.39 is 0 Å². The van der Waals surface area contributed by atoms with Gasteiger partial charge in [0.1, 0.15) is 5.82 Å². The molecule has 0 atom stereocenters. The van der Waals surface area contributed by atoms with Gasteiger partial charge in [0.25, 0.3) is 0 Å². The van der Waals surface area contributed by atoms with Crippen molar-refractivity contribution in [3.8, 4) is 0 Å². The van der Waals surface area contributed by atoms with Crippen LogP contribution >= 0.6 is 0 Å². The Morgan fingerprint density at radius 2 is 2.00 bits per heavy atom. The van der Waals surface area contributed by atoms with E-state index in [0.29, 0.717) is 6.54 Å². The van der Waals surface area contributed by atoms with Crippen LogP contribution in [0.5, 0.6) is 0 Å². The second kappa shape index (κ2) is 5.15. The number of nitrogens with two attached hydrogens (primary N) is 1. The standard InChI is InChI=1S/C14H19N3/c1-11-5-3-4-6-12(11)7-8-13-10-17(2)14(9-15)16-13/h3-6,10H,7-9,15H2,1-2H3. The van der Waals surface area contributed by atoms with Gasteiger partial charge in [0.2, 0.25) is 0 Å². The molecule has 0 aliphatic heterocycles. The van der Waals surface area contributed by atoms with Gasteiger partial charge in [0, 0.05) is 13.2 Å². The highest BCUT2D eigenvalue weighted by Crippen LogP contribution is 2.11. The maximum absolute atomic E-state index is 5.61. The SMILES string of the molecule is Cc1ccccc1CCc1cn(C)c(CN)n1. The summed E-state index contributed by atoms with van der Waals surface area (Å²) < 4.78 is 2.01. The van der Waals surface area contributed by atoms with Gasteiger partial charge in [-0.15, -0.1) is 0 Å². The summed E-state index contributed by atoms with van der Waals surface area (Å²) in [5.41, 5.74) is 9.48. The number of aromatic nitrogens is 2. The lowest BCUT2D eigenvalue weighted by Crippen LogP contribution is -2.03. The topological polar surface area (TPSA) is 43.8 Å². The smallest absolute Gasteiger partial charge is 0.122 e. The lowest BCUT2D eigenvalue weighted by Gasteiger charge is -2.03. The first-order valence-corrected chi connectivity index (χ1v) is 5.96. The molecular formula is C14H19N3. The highest BCUT2D eigenvalue weighted by molar-refractivity contribution is 5.26. The van der Waals surface area contributed by atoms with E-state index in [1.54, 1.807) is 0 Å². The van der Waals surface area contributed by atoms with Crippen molar-refractivity contribution in [2.45, 2.75) is 26.3 Å². The molecule has 1 heterocycles. The fraction of sp³-hybridized carbons (Fsp3) is 0.357. The zero-order valence-corrected chi connectivity index (χ0v) is 10.5. The zero-order chi connectivity index (χ0) is 12.3. The van der Waals surface area contributed by atoms with Crippen molar-refractivity contribution in [2.24, 2.45) is 12.8 Å². The third-order valence-electron chi connectivity index (χ3n) is 3.12. The van der Waals surface area contributed by atoms with E-state index >= 15 is 0 Å². The number of hydrogen-bond acceptors (Lipinski definition) is 2. The van der Waals surface area contributed by atoms with Crippen LogP contribution in [0.25, 0.3) is 0 Å². The highest BCUT2D eigenvalue weighted by Gasteiger charge is 2.04. The Kier molecular flexibility index (Phi) is 3.59. The molecule has 0 spiro atoms. The third kappa shape index (κ3) is 2.74. The molecule has 0 saturated heterocycles. The van der Waals surface area contributed by atoms with Gasteiger partial charge in [-0.25, -0.2) is 4.98 Å². The number of nitrogens with zero attached hydrogens (tertiary/aromatic N) is 2. The van der Waals surface area contributed by atoms with Gasteiger partial charge < -0.3 is 10.3 Å². The first kappa shape index (κ1) is 11.9. The molecule has 0 aliphatic carbocycles. The molecule has 17 heavy (non-hydrogen) atoms. The number of aryl methyl sites for hydroxylation is 4. The summed E-state index contributed by atoms with van der Waals surface area (Å²) in [6, 6.07) is 8.50. The van der Waals surface area contributed by atoms with Gasteiger partial charge >= 0.3 is 0 Å². The molecule has 1 aromatic heterocycles. The summed E-state index contributed by atoms with van der Waals surface area (Å²) in [7, 11) is 1.99. The Morgan fingerprint density at radius 3 is 2.65 bits per heavy atom. The second-order valence-electron chi connectivity index (χ2n) is 4.39. The number of benzene rings is 1. The molecule has 2 rings (SSSR count). The summed E-state index contributed by atoms with van der Waals surface area (Å²) in [5.74, 6) is 0.949. The molecular weight excluding hydrogens is 210 g/mol. The predicted octanol–water partition coefficient (Wildman–Crippen LogP) is 1.97. The third-order valence-corrected chi connectivity index (χ3v) is 3.12. The summed E-state index contributed by atoms with van der Waals surface area (Å²) in [4.78, 5) is 4.51. The van der Waals surface area contributed by atoms with Crippen molar-refractivity contribution in [3.05, 3.63) is 53.1 Å². The lowest BCUT2D eigenvalue weighted by atomic mass is 10.0. The molecule has 3 heteroatoms. The van der Waals surface area contributed by atoms with E-state index in [1.165, 1.54) is 11.1 Å². The summed E-state index contributed by atoms with van der Waals surface area (Å²) in [5, 5.41) is 0. The molecule has 2 aromatic rings. The van der Waals surface area contributed by atoms with E-state index in [1.807, 2.05) is 11.6 Å². The molecule has 0 fully saturated rings. The van der Waals surface area contributed by atoms with Crippen molar-refractivity contribution in [1.82, 2.24) is 9.55 Å². The zero-order valence-electron chi connectivity index (χ0n) is 10.5. The average molecular weight is 229 g/mol. The van der Waals surface area contributed by atoms with Crippen LogP contribution in [0.15, 0.2) is 30.5 Å². The monoisotopic (exact) mass is 229 g/mol. The summed E-state index contributed by atoms with van der Waals surface area (Å²) in [6.07, 6.45) is 4.08. The maximum Gasteiger partial charge on any atom is 0.122 e. The van der Waals surface area contributed by atoms with Crippen molar-refractivity contribution in [1.29, 1.82) is 0 Å². The molecule has 0 bridgehead atoms. The molecule has 1 aromatic carbocycles. The van der Waals surface area contributed by atoms with E-state index in [-0.39, 0.29) is 0 Å². The van der Waals surface area contributed by atoms with Gasteiger partial charge in [0.05, 0.1) is 12.2 Å². The molecule has 3 nitrogen and oxygen atoms in total. The largest absolute Gasteiger partial charge is 0.337 e. The summed E-state index contributed by atoms with van der Waals surface area (Å²) >= 11 is 0. The van der Waals surface area contributed by atoms with Crippen LogP contribution in [0.3, 0.4) is 0 Å². The fourth-order valence-corrected chi connectivity index (χ4v) is 2.03. The Bertz CT molecular complexity index is 500. The van der Waals surface area contributed by atoms with Gasteiger partial charge in [-0.05, 0) is 30.9 Å². The van der Waals surface area contributed by atoms with Gasteiger partial charge in [-0.3, -0.25) is 0 Å². The number of rotatable bonds is 4. The molecule has 90 valence electrons. The summed E-state index contributed by atoms with van der Waals surface area (Å²) in [6.45, 7) is 2.65. The van der Waals surface area contributed by atoms with Crippen LogP contribution in [0.4, 0.5) is 0 Å². The van der Waals surface area contributed by atoms with E-state index in [4.69, 9.17) is 5.73 Å². The normalized spacial score (nSPS) is 10.8. The molecule has 0 aliphatic rings. The Labute approximate surface area is 102 Å². The van der Waals surface area contributed by atoms with Crippen LogP contribution in [0, 0.1) is 6.92 Å². The minimum absolute atomic E-state index is 0.501. The molecule has 0 amide bonds. The van der Waals surface area contributed by atoms with E-state index in [2.05, 4.69) is 42.4 Å². The van der Waals surface area contributed by atoms with Gasteiger partial charge in [0.15, 0.2) is 0 Å². The Balaban J connectivity index is 2.05. The second-order valence-corrected chi connectivity index (χ2v) is 4.39. The minimum atomic E-state index is 0.501. The van der Waals surface area contributed by atoms with Gasteiger partial charge in [-0.2, -0.15) is 0 Å². The number of hydrogen-bond donors (Lipinski definition) is 1. The van der Waals surface area contributed by atoms with E-state index in [9.17, 15) is 0 Å². The van der Waals surface area contributed by atoms with Crippen molar-refractivity contribution >= 4 is 0 Å². The lowest BCUT2D eigenvalue weighted by molar-refractivity contribution is 0.793. The molecule has 0 unspecified atom stereocenters. The molecule has 0 saturated carbocycles.